The van der Waals surface area contributed by atoms with Gasteiger partial charge in [0.05, 0.1) is 12.2 Å². The molecule has 0 aromatic rings. The minimum absolute atomic E-state index is 0.278. The van der Waals surface area contributed by atoms with Crippen molar-refractivity contribution in [1.82, 2.24) is 5.32 Å². The molecule has 2 unspecified atom stereocenters. The monoisotopic (exact) mass is 264 g/mol. The Bertz CT molecular complexity index is 319. The van der Waals surface area contributed by atoms with Crippen LogP contribution >= 0.6 is 0 Å². The maximum Gasteiger partial charge on any atom is 0.109 e. The number of hydrogen-bond donors (Lipinski definition) is 1. The van der Waals surface area contributed by atoms with Gasteiger partial charge in [-0.3, -0.25) is 5.32 Å². The van der Waals surface area contributed by atoms with Crippen LogP contribution in [0.15, 0.2) is 0 Å². The standard InChI is InChI=1S/C16H28N2O/c1-13(2)18-16(12-17)9-4-7-15(11-16)19-10-8-14-5-3-6-14/h13-15,18H,3-11H2,1-2H3. The maximum atomic E-state index is 9.50. The van der Waals surface area contributed by atoms with Gasteiger partial charge in [-0.25, -0.2) is 0 Å². The molecule has 2 atom stereocenters. The van der Waals surface area contributed by atoms with E-state index in [1.54, 1.807) is 0 Å². The highest BCUT2D eigenvalue weighted by molar-refractivity contribution is 5.10. The van der Waals surface area contributed by atoms with Gasteiger partial charge >= 0.3 is 0 Å². The number of ether oxygens (including phenoxy) is 1. The van der Waals surface area contributed by atoms with E-state index in [2.05, 4.69) is 25.2 Å². The predicted octanol–water partition coefficient (Wildman–Crippen LogP) is 3.40. The van der Waals surface area contributed by atoms with E-state index in [4.69, 9.17) is 4.74 Å². The molecule has 0 amide bonds. The smallest absolute Gasteiger partial charge is 0.109 e. The van der Waals surface area contributed by atoms with Crippen molar-refractivity contribution in [3.63, 3.8) is 0 Å². The van der Waals surface area contributed by atoms with E-state index in [9.17, 15) is 5.26 Å². The Morgan fingerprint density at radius 2 is 2.11 bits per heavy atom. The van der Waals surface area contributed by atoms with Crippen LogP contribution in [0.3, 0.4) is 0 Å². The number of nitriles is 1. The van der Waals surface area contributed by atoms with E-state index in [-0.39, 0.29) is 11.6 Å². The molecule has 3 nitrogen and oxygen atoms in total. The Morgan fingerprint density at radius 3 is 2.68 bits per heavy atom. The zero-order chi connectivity index (χ0) is 13.7. The van der Waals surface area contributed by atoms with Gasteiger partial charge in [-0.1, -0.05) is 19.3 Å². The van der Waals surface area contributed by atoms with Crippen LogP contribution in [-0.2, 0) is 4.74 Å². The summed E-state index contributed by atoms with van der Waals surface area (Å²) in [4.78, 5) is 0. The fraction of sp³-hybridized carbons (Fsp3) is 0.938. The topological polar surface area (TPSA) is 45.0 Å². The lowest BCUT2D eigenvalue weighted by Crippen LogP contribution is -2.52. The molecule has 0 aromatic carbocycles. The molecule has 1 N–H and O–H groups in total. The fourth-order valence-electron chi connectivity index (χ4n) is 3.37. The van der Waals surface area contributed by atoms with E-state index in [0.717, 1.165) is 38.2 Å². The predicted molar refractivity (Wildman–Crippen MR) is 76.8 cm³/mol. The summed E-state index contributed by atoms with van der Waals surface area (Å²) in [5, 5.41) is 13.0. The zero-order valence-corrected chi connectivity index (χ0v) is 12.5. The summed E-state index contributed by atoms with van der Waals surface area (Å²) in [7, 11) is 0. The van der Waals surface area contributed by atoms with Gasteiger partial charge < -0.3 is 4.74 Å². The second kappa shape index (κ2) is 6.72. The van der Waals surface area contributed by atoms with Crippen LogP contribution in [0.5, 0.6) is 0 Å². The number of rotatable bonds is 6. The first-order valence-corrected chi connectivity index (χ1v) is 7.94. The van der Waals surface area contributed by atoms with Crippen molar-refractivity contribution >= 4 is 0 Å². The van der Waals surface area contributed by atoms with Crippen molar-refractivity contribution in [2.24, 2.45) is 5.92 Å². The minimum atomic E-state index is -0.354. The molecule has 2 fully saturated rings. The summed E-state index contributed by atoms with van der Waals surface area (Å²) in [6.07, 6.45) is 9.72. The van der Waals surface area contributed by atoms with Gasteiger partial charge in [0, 0.05) is 19.1 Å². The van der Waals surface area contributed by atoms with Crippen molar-refractivity contribution in [1.29, 1.82) is 5.26 Å². The lowest BCUT2D eigenvalue weighted by molar-refractivity contribution is -0.00181. The molecule has 19 heavy (non-hydrogen) atoms. The summed E-state index contributed by atoms with van der Waals surface area (Å²) in [5.74, 6) is 0.915. The third-order valence-corrected chi connectivity index (χ3v) is 4.59. The van der Waals surface area contributed by atoms with Gasteiger partial charge in [0.1, 0.15) is 5.54 Å². The first-order valence-electron chi connectivity index (χ1n) is 7.94. The Hall–Kier alpha value is -0.590. The highest BCUT2D eigenvalue weighted by atomic mass is 16.5. The Balaban J connectivity index is 1.76. The maximum absolute atomic E-state index is 9.50. The van der Waals surface area contributed by atoms with Crippen molar-refractivity contribution in [2.45, 2.75) is 82.9 Å². The summed E-state index contributed by atoms with van der Waals surface area (Å²) >= 11 is 0. The normalized spacial score (nSPS) is 32.0. The zero-order valence-electron chi connectivity index (χ0n) is 12.5. The third-order valence-electron chi connectivity index (χ3n) is 4.59. The molecule has 2 saturated carbocycles. The summed E-state index contributed by atoms with van der Waals surface area (Å²) in [5.41, 5.74) is -0.354. The van der Waals surface area contributed by atoms with Crippen molar-refractivity contribution < 1.29 is 4.74 Å². The Morgan fingerprint density at radius 1 is 1.32 bits per heavy atom. The first kappa shape index (κ1) is 14.8. The SMILES string of the molecule is CC(C)NC1(C#N)CCCC(OCCC2CCC2)C1. The quantitative estimate of drug-likeness (QED) is 0.799. The Kier molecular flexibility index (Phi) is 5.24. The summed E-state index contributed by atoms with van der Waals surface area (Å²) in [6.45, 7) is 5.11. The van der Waals surface area contributed by atoms with Gasteiger partial charge in [0.2, 0.25) is 0 Å². The van der Waals surface area contributed by atoms with Crippen molar-refractivity contribution in [2.75, 3.05) is 6.61 Å². The van der Waals surface area contributed by atoms with E-state index >= 15 is 0 Å². The van der Waals surface area contributed by atoms with Gasteiger partial charge in [0.25, 0.3) is 0 Å². The molecule has 0 spiro atoms. The third kappa shape index (κ3) is 4.19. The van der Waals surface area contributed by atoms with Crippen LogP contribution in [0.2, 0.25) is 0 Å². The van der Waals surface area contributed by atoms with Gasteiger partial charge in [-0.15, -0.1) is 0 Å². The highest BCUT2D eigenvalue weighted by Crippen LogP contribution is 2.32. The number of nitrogens with zero attached hydrogens (tertiary/aromatic N) is 1. The van der Waals surface area contributed by atoms with E-state index < -0.39 is 0 Å². The second-order valence-corrected chi connectivity index (χ2v) is 6.67. The van der Waals surface area contributed by atoms with Crippen LogP contribution in [0.25, 0.3) is 0 Å². The van der Waals surface area contributed by atoms with E-state index in [0.29, 0.717) is 6.04 Å². The second-order valence-electron chi connectivity index (χ2n) is 6.67. The summed E-state index contributed by atoms with van der Waals surface area (Å²) in [6, 6.07) is 2.86. The lowest BCUT2D eigenvalue weighted by atomic mass is 9.80. The number of hydrogen-bond acceptors (Lipinski definition) is 3. The first-order chi connectivity index (χ1) is 9.13. The van der Waals surface area contributed by atoms with Crippen LogP contribution in [-0.4, -0.2) is 24.3 Å². The van der Waals surface area contributed by atoms with Gasteiger partial charge in [0.15, 0.2) is 0 Å². The van der Waals surface area contributed by atoms with Crippen LogP contribution < -0.4 is 5.32 Å². The molecule has 0 saturated heterocycles. The average molecular weight is 264 g/mol. The van der Waals surface area contributed by atoms with Crippen LogP contribution in [0.1, 0.15) is 65.2 Å². The Labute approximate surface area is 117 Å². The van der Waals surface area contributed by atoms with Gasteiger partial charge in [-0.05, 0) is 45.4 Å². The van der Waals surface area contributed by atoms with Crippen LogP contribution in [0, 0.1) is 17.2 Å². The van der Waals surface area contributed by atoms with Crippen molar-refractivity contribution in [3.8, 4) is 6.07 Å². The van der Waals surface area contributed by atoms with Crippen LogP contribution in [0.4, 0.5) is 0 Å². The van der Waals surface area contributed by atoms with E-state index in [1.165, 1.54) is 25.7 Å². The molecule has 108 valence electrons. The lowest BCUT2D eigenvalue weighted by Gasteiger charge is -2.38. The highest BCUT2D eigenvalue weighted by Gasteiger charge is 2.37. The molecule has 0 aliphatic heterocycles. The molecule has 0 heterocycles. The number of nitrogens with one attached hydrogen (secondary N) is 1. The van der Waals surface area contributed by atoms with Gasteiger partial charge in [-0.2, -0.15) is 5.26 Å². The molecule has 0 bridgehead atoms. The largest absolute Gasteiger partial charge is 0.378 e. The van der Waals surface area contributed by atoms with Crippen molar-refractivity contribution in [3.05, 3.63) is 0 Å². The summed E-state index contributed by atoms with van der Waals surface area (Å²) < 4.78 is 6.04. The molecular weight excluding hydrogens is 236 g/mol. The molecule has 0 aromatic heterocycles. The molecule has 2 rings (SSSR count). The average Bonchev–Trinajstić information content (AvgIpc) is 2.32. The molecule has 2 aliphatic rings. The fourth-order valence-corrected chi connectivity index (χ4v) is 3.37. The molecular formula is C16H28N2O. The molecule has 3 heteroatoms. The molecule has 2 aliphatic carbocycles. The minimum Gasteiger partial charge on any atom is -0.378 e. The van der Waals surface area contributed by atoms with E-state index in [1.807, 2.05) is 0 Å². The molecule has 0 radical (unpaired) electrons.